The van der Waals surface area contributed by atoms with Crippen LogP contribution in [0.15, 0.2) is 30.2 Å². The molecule has 1 aliphatic heterocycles. The number of nitrogens with zero attached hydrogens (tertiary/aromatic N) is 4. The Hall–Kier alpha value is -2.28. The van der Waals surface area contributed by atoms with Gasteiger partial charge in [-0.2, -0.15) is 0 Å². The molecule has 1 saturated heterocycles. The number of carbonyl (C=O) groups excluding carboxylic acids is 2. The van der Waals surface area contributed by atoms with Gasteiger partial charge in [-0.1, -0.05) is 6.92 Å². The fourth-order valence-electron chi connectivity index (χ4n) is 3.64. The van der Waals surface area contributed by atoms with E-state index in [-0.39, 0.29) is 17.9 Å². The number of hydrogen-bond acceptors (Lipinski definition) is 5. The molecule has 1 aliphatic rings. The SMILES string of the molecule is CCc1ccsc1C(=O)N1CCC[C@H](N(Cc2cncnc2)C(C)=O)CC1. The highest BCUT2D eigenvalue weighted by Gasteiger charge is 2.28. The van der Waals surface area contributed by atoms with E-state index < -0.39 is 0 Å². The fourth-order valence-corrected chi connectivity index (χ4v) is 4.61. The van der Waals surface area contributed by atoms with E-state index in [0.717, 1.165) is 48.2 Å². The van der Waals surface area contributed by atoms with Crippen LogP contribution in [0.2, 0.25) is 0 Å². The second-order valence-electron chi connectivity index (χ2n) is 6.90. The number of aromatic nitrogens is 2. The summed E-state index contributed by atoms with van der Waals surface area (Å²) < 4.78 is 0. The molecule has 0 radical (unpaired) electrons. The molecule has 0 N–H and O–H groups in total. The fraction of sp³-hybridized carbons (Fsp3) is 0.500. The van der Waals surface area contributed by atoms with Crippen LogP contribution in [0.5, 0.6) is 0 Å². The third-order valence-corrected chi connectivity index (χ3v) is 6.06. The van der Waals surface area contributed by atoms with Gasteiger partial charge in [-0.05, 0) is 42.7 Å². The molecule has 0 bridgehead atoms. The van der Waals surface area contributed by atoms with Crippen molar-refractivity contribution in [2.24, 2.45) is 0 Å². The molecule has 1 atom stereocenters. The van der Waals surface area contributed by atoms with Crippen LogP contribution < -0.4 is 0 Å². The van der Waals surface area contributed by atoms with Crippen molar-refractivity contribution in [1.29, 1.82) is 0 Å². The standard InChI is InChI=1S/C20H26N4O2S/c1-3-17-7-10-27-19(17)20(26)23-8-4-5-18(6-9-23)24(15(2)25)13-16-11-21-14-22-12-16/h7,10-12,14,18H,3-6,8-9,13H2,1-2H3/t18-/m0/s1. The Bertz CT molecular complexity index is 777. The Morgan fingerprint density at radius 2 is 2.04 bits per heavy atom. The summed E-state index contributed by atoms with van der Waals surface area (Å²) in [6.45, 7) is 5.63. The number of aryl methyl sites for hydroxylation is 1. The third kappa shape index (κ3) is 4.71. The summed E-state index contributed by atoms with van der Waals surface area (Å²) in [4.78, 5) is 38.0. The first-order valence-electron chi connectivity index (χ1n) is 9.47. The van der Waals surface area contributed by atoms with Gasteiger partial charge in [0.2, 0.25) is 5.91 Å². The van der Waals surface area contributed by atoms with Crippen molar-refractivity contribution in [2.75, 3.05) is 13.1 Å². The van der Waals surface area contributed by atoms with Gasteiger partial charge in [-0.15, -0.1) is 11.3 Å². The van der Waals surface area contributed by atoms with Crippen molar-refractivity contribution in [1.82, 2.24) is 19.8 Å². The molecule has 3 rings (SSSR count). The molecule has 2 aromatic heterocycles. The minimum absolute atomic E-state index is 0.0511. The summed E-state index contributed by atoms with van der Waals surface area (Å²) in [7, 11) is 0. The number of thiophene rings is 1. The molecule has 27 heavy (non-hydrogen) atoms. The van der Waals surface area contributed by atoms with E-state index in [9.17, 15) is 9.59 Å². The molecule has 144 valence electrons. The lowest BCUT2D eigenvalue weighted by Crippen LogP contribution is -2.39. The minimum Gasteiger partial charge on any atom is -0.338 e. The molecule has 2 aromatic rings. The zero-order valence-electron chi connectivity index (χ0n) is 15.9. The third-order valence-electron chi connectivity index (χ3n) is 5.12. The topological polar surface area (TPSA) is 66.4 Å². The lowest BCUT2D eigenvalue weighted by atomic mass is 10.1. The normalized spacial score (nSPS) is 17.4. The maximum Gasteiger partial charge on any atom is 0.264 e. The van der Waals surface area contributed by atoms with Crippen molar-refractivity contribution in [2.45, 2.75) is 52.1 Å². The van der Waals surface area contributed by atoms with E-state index in [1.54, 1.807) is 19.3 Å². The van der Waals surface area contributed by atoms with Gasteiger partial charge < -0.3 is 9.80 Å². The molecule has 0 aromatic carbocycles. The molecule has 0 aliphatic carbocycles. The van der Waals surface area contributed by atoms with E-state index in [1.807, 2.05) is 21.2 Å². The summed E-state index contributed by atoms with van der Waals surface area (Å²) >= 11 is 1.53. The van der Waals surface area contributed by atoms with Crippen LogP contribution in [-0.2, 0) is 17.8 Å². The zero-order valence-corrected chi connectivity index (χ0v) is 16.7. The minimum atomic E-state index is 0.0511. The monoisotopic (exact) mass is 386 g/mol. The average Bonchev–Trinajstić information content (AvgIpc) is 3.03. The molecule has 7 heteroatoms. The van der Waals surface area contributed by atoms with Gasteiger partial charge in [0.25, 0.3) is 5.91 Å². The number of carbonyl (C=O) groups is 2. The predicted octanol–water partition coefficient (Wildman–Crippen LogP) is 3.14. The second-order valence-corrected chi connectivity index (χ2v) is 7.82. The summed E-state index contributed by atoms with van der Waals surface area (Å²) in [5, 5.41) is 1.99. The van der Waals surface area contributed by atoms with Crippen LogP contribution in [0.3, 0.4) is 0 Å². The van der Waals surface area contributed by atoms with Gasteiger partial charge in [0.05, 0.1) is 4.88 Å². The molecule has 0 saturated carbocycles. The summed E-state index contributed by atoms with van der Waals surface area (Å²) in [6, 6.07) is 2.17. The lowest BCUT2D eigenvalue weighted by molar-refractivity contribution is -0.132. The van der Waals surface area contributed by atoms with Crippen LogP contribution in [-0.4, -0.2) is 50.7 Å². The van der Waals surface area contributed by atoms with E-state index >= 15 is 0 Å². The molecule has 3 heterocycles. The highest BCUT2D eigenvalue weighted by Crippen LogP contribution is 2.24. The number of rotatable bonds is 5. The maximum atomic E-state index is 12.9. The van der Waals surface area contributed by atoms with E-state index in [4.69, 9.17) is 0 Å². The number of likely N-dealkylation sites (tertiary alicyclic amines) is 1. The quantitative estimate of drug-likeness (QED) is 0.792. The molecular weight excluding hydrogens is 360 g/mol. The smallest absolute Gasteiger partial charge is 0.264 e. The Balaban J connectivity index is 1.67. The van der Waals surface area contributed by atoms with Gasteiger partial charge in [-0.3, -0.25) is 9.59 Å². The van der Waals surface area contributed by atoms with Crippen molar-refractivity contribution >= 4 is 23.2 Å². The highest BCUT2D eigenvalue weighted by atomic mass is 32.1. The summed E-state index contributed by atoms with van der Waals surface area (Å²) in [6.07, 6.45) is 8.47. The largest absolute Gasteiger partial charge is 0.338 e. The number of amides is 2. The maximum absolute atomic E-state index is 12.9. The predicted molar refractivity (Wildman–Crippen MR) is 105 cm³/mol. The van der Waals surface area contributed by atoms with Crippen molar-refractivity contribution in [3.05, 3.63) is 46.2 Å². The van der Waals surface area contributed by atoms with Crippen LogP contribution >= 0.6 is 11.3 Å². The van der Waals surface area contributed by atoms with Crippen LogP contribution in [0.25, 0.3) is 0 Å². The van der Waals surface area contributed by atoms with Crippen LogP contribution in [0.4, 0.5) is 0 Å². The first-order chi connectivity index (χ1) is 13.1. The summed E-state index contributed by atoms with van der Waals surface area (Å²) in [5.74, 6) is 0.184. The molecule has 2 amide bonds. The first-order valence-corrected chi connectivity index (χ1v) is 10.3. The van der Waals surface area contributed by atoms with Gasteiger partial charge >= 0.3 is 0 Å². The van der Waals surface area contributed by atoms with E-state index in [2.05, 4.69) is 16.9 Å². The van der Waals surface area contributed by atoms with E-state index in [0.29, 0.717) is 13.1 Å². The van der Waals surface area contributed by atoms with Gasteiger partial charge in [-0.25, -0.2) is 9.97 Å². The lowest BCUT2D eigenvalue weighted by Gasteiger charge is -2.30. The van der Waals surface area contributed by atoms with Crippen molar-refractivity contribution in [3.8, 4) is 0 Å². The Morgan fingerprint density at radius 3 is 2.74 bits per heavy atom. The number of hydrogen-bond donors (Lipinski definition) is 0. The van der Waals surface area contributed by atoms with Gasteiger partial charge in [0.1, 0.15) is 6.33 Å². The van der Waals surface area contributed by atoms with E-state index in [1.165, 1.54) is 17.7 Å². The molecule has 0 spiro atoms. The Kier molecular flexibility index (Phi) is 6.55. The van der Waals surface area contributed by atoms with Crippen LogP contribution in [0, 0.1) is 0 Å². The molecule has 6 nitrogen and oxygen atoms in total. The molecule has 1 fully saturated rings. The molecular formula is C20H26N4O2S. The van der Waals surface area contributed by atoms with Gasteiger partial charge in [0.15, 0.2) is 0 Å². The first kappa shape index (κ1) is 19.5. The summed E-state index contributed by atoms with van der Waals surface area (Å²) in [5.41, 5.74) is 2.05. The van der Waals surface area contributed by atoms with Crippen LogP contribution in [0.1, 0.15) is 53.9 Å². The molecule has 0 unspecified atom stereocenters. The van der Waals surface area contributed by atoms with Crippen molar-refractivity contribution in [3.63, 3.8) is 0 Å². The highest BCUT2D eigenvalue weighted by molar-refractivity contribution is 7.12. The van der Waals surface area contributed by atoms with Gasteiger partial charge in [0, 0.05) is 50.6 Å². The average molecular weight is 387 g/mol. The Morgan fingerprint density at radius 1 is 1.26 bits per heavy atom. The zero-order chi connectivity index (χ0) is 19.2. The Labute approximate surface area is 164 Å². The van der Waals surface area contributed by atoms with Crippen molar-refractivity contribution < 1.29 is 9.59 Å². The second kappa shape index (κ2) is 9.08.